The van der Waals surface area contributed by atoms with E-state index >= 15 is 0 Å². The maximum Gasteiger partial charge on any atom is 0.325 e. The van der Waals surface area contributed by atoms with Gasteiger partial charge in [-0.2, -0.15) is 0 Å². The minimum atomic E-state index is 0.736. The summed E-state index contributed by atoms with van der Waals surface area (Å²) in [5.74, 6) is 0. The second-order valence-corrected chi connectivity index (χ2v) is 4.04. The molecule has 0 aliphatic rings. The molecule has 0 bridgehead atoms. The van der Waals surface area contributed by atoms with E-state index in [1.165, 1.54) is 0 Å². The Morgan fingerprint density at radius 3 is 2.00 bits per heavy atom. The largest absolute Gasteiger partial charge is 0.325 e. The van der Waals surface area contributed by atoms with Crippen LogP contribution in [0.4, 0.5) is 0 Å². The second kappa shape index (κ2) is 2.88. The first kappa shape index (κ1) is 6.78. The van der Waals surface area contributed by atoms with E-state index in [1.54, 1.807) is 0 Å². The maximum absolute atomic E-state index is 6.99. The van der Waals surface area contributed by atoms with Crippen LogP contribution < -0.4 is 0 Å². The molecule has 0 aromatic carbocycles. The van der Waals surface area contributed by atoms with E-state index in [4.69, 9.17) is 6.92 Å². The van der Waals surface area contributed by atoms with E-state index in [2.05, 4.69) is 6.58 Å². The third-order valence-corrected chi connectivity index (χ3v) is 1.04. The van der Waals surface area contributed by atoms with Gasteiger partial charge in [0.2, 0.25) is 0 Å². The van der Waals surface area contributed by atoms with Gasteiger partial charge in [-0.1, -0.05) is 6.58 Å². The highest BCUT2D eigenvalue weighted by Gasteiger charge is 1.89. The Labute approximate surface area is 51.2 Å². The van der Waals surface area contributed by atoms with Crippen molar-refractivity contribution in [2.24, 2.45) is 0 Å². The van der Waals surface area contributed by atoms with Crippen molar-refractivity contribution in [3.63, 3.8) is 0 Å². The highest BCUT2D eigenvalue weighted by molar-refractivity contribution is 6.27. The Morgan fingerprint density at radius 2 is 2.00 bits per heavy atom. The van der Waals surface area contributed by atoms with Gasteiger partial charge in [-0.25, -0.2) is 0 Å². The van der Waals surface area contributed by atoms with Crippen molar-refractivity contribution < 1.29 is 0 Å². The lowest BCUT2D eigenvalue weighted by atomic mass is 10.5. The van der Waals surface area contributed by atoms with Crippen LogP contribution in [0.25, 0.3) is 0 Å². The van der Waals surface area contributed by atoms with Crippen molar-refractivity contribution >= 4 is 20.5 Å². The van der Waals surface area contributed by atoms with Gasteiger partial charge in [0.25, 0.3) is 0 Å². The fraction of sp³-hybridized carbons (Fsp3) is 0. The van der Waals surface area contributed by atoms with Crippen LogP contribution in [0, 0.1) is 6.92 Å². The molecule has 2 radical (unpaired) electrons. The molecule has 2 heteroatoms. The fourth-order valence-corrected chi connectivity index (χ4v) is 1.87. The second-order valence-electron chi connectivity index (χ2n) is 1.67. The number of hydrogen-bond acceptors (Lipinski definition) is 0. The van der Waals surface area contributed by atoms with Gasteiger partial charge in [-0.3, -0.25) is 0 Å². The van der Waals surface area contributed by atoms with Crippen LogP contribution in [0.2, 0.25) is 0 Å². The minimum absolute atomic E-state index is 0.736. The Morgan fingerprint density at radius 1 is 1.57 bits per heavy atom. The SMILES string of the molecule is [C+]/C([SiH3])=C\C(=C)[SiH3]. The highest BCUT2D eigenvalue weighted by atomic mass is 28.1. The van der Waals surface area contributed by atoms with Crippen molar-refractivity contribution in [2.45, 2.75) is 0 Å². The predicted octanol–water partition coefficient (Wildman–Crippen LogP) is -1.30. The third kappa shape index (κ3) is 5.78. The molecule has 0 atom stereocenters. The van der Waals surface area contributed by atoms with Crippen LogP contribution in [-0.4, -0.2) is 20.5 Å². The molecule has 36 valence electrons. The van der Waals surface area contributed by atoms with Gasteiger partial charge < -0.3 is 0 Å². The van der Waals surface area contributed by atoms with Crippen LogP contribution in [0.15, 0.2) is 23.0 Å². The molecule has 0 aromatic rings. The molecule has 0 saturated carbocycles. The van der Waals surface area contributed by atoms with Crippen LogP contribution in [0.5, 0.6) is 0 Å². The molecule has 0 aromatic heterocycles. The van der Waals surface area contributed by atoms with Gasteiger partial charge in [0, 0.05) is 0 Å². The fourth-order valence-electron chi connectivity index (χ4n) is 0.370. The normalized spacial score (nSPS) is 12.3. The van der Waals surface area contributed by atoms with E-state index in [0.29, 0.717) is 0 Å². The molecule has 7 heavy (non-hydrogen) atoms. The van der Waals surface area contributed by atoms with Gasteiger partial charge in [-0.05, 0) is 5.20 Å². The van der Waals surface area contributed by atoms with Gasteiger partial charge in [0.1, 0.15) is 5.20 Å². The van der Waals surface area contributed by atoms with Crippen LogP contribution >= 0.6 is 0 Å². The summed E-state index contributed by atoms with van der Waals surface area (Å²) >= 11 is 0. The zero-order valence-corrected chi connectivity index (χ0v) is 8.78. The smallest absolute Gasteiger partial charge is 0.0811 e. The first-order valence-electron chi connectivity index (χ1n) is 2.18. The Hall–Kier alpha value is -0.216. The van der Waals surface area contributed by atoms with Crippen molar-refractivity contribution in [3.8, 4) is 0 Å². The molecule has 0 aliphatic heterocycles. The molecule has 0 nitrogen and oxygen atoms in total. The summed E-state index contributed by atoms with van der Waals surface area (Å²) in [4.78, 5) is 0. The molecule has 0 unspecified atom stereocenters. The summed E-state index contributed by atoms with van der Waals surface area (Å²) in [7, 11) is 1.85. The lowest BCUT2D eigenvalue weighted by molar-refractivity contribution is 1.86. The van der Waals surface area contributed by atoms with E-state index < -0.39 is 0 Å². The molecule has 0 heterocycles. The van der Waals surface area contributed by atoms with E-state index in [0.717, 1.165) is 30.9 Å². The van der Waals surface area contributed by atoms with E-state index in [9.17, 15) is 0 Å². The summed E-state index contributed by atoms with van der Waals surface area (Å²) in [6.45, 7) is 10.7. The lowest BCUT2D eigenvalue weighted by Crippen LogP contribution is -1.75. The van der Waals surface area contributed by atoms with Gasteiger partial charge in [0.15, 0.2) is 0 Å². The molecule has 0 aliphatic carbocycles. The van der Waals surface area contributed by atoms with Crippen molar-refractivity contribution in [3.05, 3.63) is 30.0 Å². The summed E-state index contributed by atoms with van der Waals surface area (Å²) in [5.41, 5.74) is 0. The van der Waals surface area contributed by atoms with Gasteiger partial charge >= 0.3 is 6.92 Å². The van der Waals surface area contributed by atoms with E-state index in [-0.39, 0.29) is 0 Å². The van der Waals surface area contributed by atoms with Crippen molar-refractivity contribution in [2.75, 3.05) is 0 Å². The lowest BCUT2D eigenvalue weighted by Gasteiger charge is -1.72. The molecule has 0 N–H and O–H groups in total. The standard InChI is InChI=1S/C5H9Si2/c1-4(6)3-5(2)7/h3H,1H2,6-7H3/q+1/b5-3+. The monoisotopic (exact) mass is 125 g/mol. The molecular weight excluding hydrogens is 116 g/mol. The molecule has 0 fully saturated rings. The van der Waals surface area contributed by atoms with Gasteiger partial charge in [0.05, 0.1) is 26.6 Å². The maximum atomic E-state index is 6.99. The van der Waals surface area contributed by atoms with Crippen LogP contribution in [0.1, 0.15) is 0 Å². The third-order valence-electron chi connectivity index (χ3n) is 0.463. The first-order chi connectivity index (χ1) is 3.13. The number of rotatable bonds is 1. The average Bonchev–Trinajstić information content (AvgIpc) is 1.27. The molecule has 0 saturated heterocycles. The number of hydrogen-bond donors (Lipinski definition) is 0. The molecule has 0 rings (SSSR count). The predicted molar refractivity (Wildman–Crippen MR) is 40.3 cm³/mol. The average molecular weight is 125 g/mol. The molecule has 0 amide bonds. The number of allylic oxidation sites excluding steroid dienone is 3. The summed E-state index contributed by atoms with van der Waals surface area (Å²) < 4.78 is 0. The highest BCUT2D eigenvalue weighted by Crippen LogP contribution is 1.88. The zero-order chi connectivity index (χ0) is 5.86. The van der Waals surface area contributed by atoms with Crippen molar-refractivity contribution in [1.29, 1.82) is 0 Å². The van der Waals surface area contributed by atoms with Crippen LogP contribution in [0.3, 0.4) is 0 Å². The minimum Gasteiger partial charge on any atom is -0.0811 e. The Balaban J connectivity index is 3.68. The summed E-state index contributed by atoms with van der Waals surface area (Å²) in [6, 6.07) is 0. The quantitative estimate of drug-likeness (QED) is 0.232. The molecule has 0 spiro atoms. The molecular formula is C5H9Si2+. The first-order valence-corrected chi connectivity index (χ1v) is 4.18. The van der Waals surface area contributed by atoms with Crippen molar-refractivity contribution in [1.82, 2.24) is 0 Å². The van der Waals surface area contributed by atoms with Crippen LogP contribution in [-0.2, 0) is 0 Å². The van der Waals surface area contributed by atoms with Gasteiger partial charge in [-0.15, -0.1) is 0 Å². The Kier molecular flexibility index (Phi) is 2.79. The topological polar surface area (TPSA) is 0 Å². The summed E-state index contributed by atoms with van der Waals surface area (Å²) in [6.07, 6.45) is 1.85. The summed E-state index contributed by atoms with van der Waals surface area (Å²) in [5, 5.41) is 1.85. The zero-order valence-electron chi connectivity index (χ0n) is 4.78. The van der Waals surface area contributed by atoms with E-state index in [1.807, 2.05) is 6.08 Å². The Bertz CT molecular complexity index is 98.6.